The average Bonchev–Trinajstić information content (AvgIpc) is 2.62. The summed E-state index contributed by atoms with van der Waals surface area (Å²) < 4.78 is 2.24. The predicted molar refractivity (Wildman–Crippen MR) is 97.8 cm³/mol. The van der Waals surface area contributed by atoms with Gasteiger partial charge in [-0.15, -0.1) is 0 Å². The van der Waals surface area contributed by atoms with Crippen molar-refractivity contribution in [2.75, 3.05) is 13.1 Å². The van der Waals surface area contributed by atoms with Gasteiger partial charge in [0, 0.05) is 27.2 Å². The summed E-state index contributed by atoms with van der Waals surface area (Å²) in [7, 11) is 2.89. The Balaban J connectivity index is 2.10. The van der Waals surface area contributed by atoms with Crippen molar-refractivity contribution < 1.29 is 14.7 Å². The fraction of sp³-hybridized carbons (Fsp3) is 0.500. The topological polar surface area (TPSA) is 114 Å². The van der Waals surface area contributed by atoms with Crippen molar-refractivity contribution in [1.82, 2.24) is 19.0 Å². The van der Waals surface area contributed by atoms with Crippen LogP contribution in [0.4, 0.5) is 0 Å². The van der Waals surface area contributed by atoms with Gasteiger partial charge < -0.3 is 10.0 Å². The normalized spacial score (nSPS) is 20.1. The molecule has 1 saturated heterocycles. The number of carboxylic acids is 1. The third kappa shape index (κ3) is 3.13. The molecule has 2 aromatic heterocycles. The van der Waals surface area contributed by atoms with Crippen LogP contribution in [0.5, 0.6) is 0 Å². The number of nitrogens with zero attached hydrogens (tertiary/aromatic N) is 4. The lowest BCUT2D eigenvalue weighted by atomic mass is 9.90. The van der Waals surface area contributed by atoms with Crippen molar-refractivity contribution in [1.29, 1.82) is 0 Å². The molecule has 2 aromatic rings. The largest absolute Gasteiger partial charge is 0.481 e. The third-order valence-corrected chi connectivity index (χ3v) is 5.12. The van der Waals surface area contributed by atoms with Crippen LogP contribution >= 0.6 is 0 Å². The van der Waals surface area contributed by atoms with Crippen LogP contribution in [0.25, 0.3) is 11.0 Å². The number of carboxylic acid groups (broad SMARTS) is 1. The Morgan fingerprint density at radius 2 is 1.85 bits per heavy atom. The lowest BCUT2D eigenvalue weighted by Crippen LogP contribution is -2.46. The van der Waals surface area contributed by atoms with Crippen molar-refractivity contribution in [3.05, 3.63) is 38.2 Å². The number of fused-ring (bicyclic) bond motifs is 1. The van der Waals surface area contributed by atoms with Crippen LogP contribution in [-0.4, -0.2) is 49.1 Å². The number of hydrogen-bond donors (Lipinski definition) is 1. The number of likely N-dealkylation sites (tertiary alicyclic amines) is 1. The van der Waals surface area contributed by atoms with Crippen LogP contribution in [0, 0.1) is 18.8 Å². The summed E-state index contributed by atoms with van der Waals surface area (Å²) in [5, 5.41) is 9.59. The van der Waals surface area contributed by atoms with Crippen LogP contribution in [0.2, 0.25) is 0 Å². The Labute approximate surface area is 154 Å². The highest BCUT2D eigenvalue weighted by Gasteiger charge is 2.33. The number of amides is 1. The standard InChI is InChI=1S/C18H22N4O5/c1-9-5-11(17(25)26)8-22(7-9)15(23)12-6-10(2)13-14(19-12)20(3)18(27)21(4)16(13)24/h6,9,11H,5,7-8H2,1-4H3,(H,25,26). The first-order chi connectivity index (χ1) is 12.6. The van der Waals surface area contributed by atoms with E-state index in [4.69, 9.17) is 0 Å². The molecule has 0 radical (unpaired) electrons. The maximum absolute atomic E-state index is 13.0. The number of carbonyl (C=O) groups is 2. The van der Waals surface area contributed by atoms with Crippen molar-refractivity contribution in [2.24, 2.45) is 25.9 Å². The monoisotopic (exact) mass is 374 g/mol. The van der Waals surface area contributed by atoms with Gasteiger partial charge in [0.1, 0.15) is 11.3 Å². The van der Waals surface area contributed by atoms with E-state index in [1.165, 1.54) is 29.6 Å². The van der Waals surface area contributed by atoms with Gasteiger partial charge in [-0.3, -0.25) is 23.5 Å². The molecule has 9 nitrogen and oxygen atoms in total. The molecule has 2 unspecified atom stereocenters. The highest BCUT2D eigenvalue weighted by atomic mass is 16.4. The number of aliphatic carboxylic acids is 1. The summed E-state index contributed by atoms with van der Waals surface area (Å²) in [4.78, 5) is 54.7. The Hall–Kier alpha value is -2.97. The molecule has 9 heteroatoms. The molecule has 3 rings (SSSR count). The minimum atomic E-state index is -0.923. The average molecular weight is 374 g/mol. The maximum atomic E-state index is 13.0. The Kier molecular flexibility index (Phi) is 4.63. The zero-order valence-electron chi connectivity index (χ0n) is 15.7. The second-order valence-corrected chi connectivity index (χ2v) is 7.31. The number of piperidine rings is 1. The second-order valence-electron chi connectivity index (χ2n) is 7.31. The molecule has 0 aliphatic carbocycles. The molecule has 27 heavy (non-hydrogen) atoms. The summed E-state index contributed by atoms with van der Waals surface area (Å²) in [5.41, 5.74) is -0.205. The van der Waals surface area contributed by atoms with Gasteiger partial charge in [0.15, 0.2) is 0 Å². The number of pyridine rings is 1. The Morgan fingerprint density at radius 3 is 2.48 bits per heavy atom. The van der Waals surface area contributed by atoms with Crippen molar-refractivity contribution in [3.63, 3.8) is 0 Å². The van der Waals surface area contributed by atoms with E-state index < -0.39 is 29.0 Å². The van der Waals surface area contributed by atoms with E-state index in [9.17, 15) is 24.3 Å². The van der Waals surface area contributed by atoms with Crippen LogP contribution in [0.15, 0.2) is 15.7 Å². The molecule has 0 spiro atoms. The van der Waals surface area contributed by atoms with Crippen molar-refractivity contribution in [3.8, 4) is 0 Å². The maximum Gasteiger partial charge on any atom is 0.332 e. The SMILES string of the molecule is Cc1cc(C(=O)N2CC(C)CC(C(=O)O)C2)nc2c1c(=O)n(C)c(=O)n2C. The minimum Gasteiger partial charge on any atom is -0.481 e. The summed E-state index contributed by atoms with van der Waals surface area (Å²) in [5.74, 6) is -1.88. The first-order valence-electron chi connectivity index (χ1n) is 8.71. The predicted octanol–water partition coefficient (Wildman–Crippen LogP) is 0.123. The molecular weight excluding hydrogens is 352 g/mol. The number of hydrogen-bond acceptors (Lipinski definition) is 5. The third-order valence-electron chi connectivity index (χ3n) is 5.12. The van der Waals surface area contributed by atoms with E-state index >= 15 is 0 Å². The lowest BCUT2D eigenvalue weighted by Gasteiger charge is -2.34. The van der Waals surface area contributed by atoms with Crippen LogP contribution in [0.1, 0.15) is 29.4 Å². The number of aryl methyl sites for hydroxylation is 2. The van der Waals surface area contributed by atoms with E-state index in [1.54, 1.807) is 6.92 Å². The molecular formula is C18H22N4O5. The molecule has 0 saturated carbocycles. The number of rotatable bonds is 2. The molecule has 3 heterocycles. The zero-order valence-corrected chi connectivity index (χ0v) is 15.7. The van der Waals surface area contributed by atoms with Gasteiger partial charge in [-0.1, -0.05) is 6.92 Å². The van der Waals surface area contributed by atoms with Gasteiger partial charge in [0.25, 0.3) is 11.5 Å². The van der Waals surface area contributed by atoms with Gasteiger partial charge in [0.2, 0.25) is 0 Å². The number of aromatic nitrogens is 3. The first-order valence-corrected chi connectivity index (χ1v) is 8.71. The van der Waals surface area contributed by atoms with Crippen LogP contribution in [0.3, 0.4) is 0 Å². The molecule has 1 aliphatic rings. The molecule has 1 amide bonds. The Morgan fingerprint density at radius 1 is 1.19 bits per heavy atom. The summed E-state index contributed by atoms with van der Waals surface area (Å²) in [6.45, 7) is 4.15. The smallest absolute Gasteiger partial charge is 0.332 e. The van der Waals surface area contributed by atoms with Gasteiger partial charge in [-0.05, 0) is 30.9 Å². The summed E-state index contributed by atoms with van der Waals surface area (Å²) in [6, 6.07) is 1.52. The zero-order chi connectivity index (χ0) is 20.0. The lowest BCUT2D eigenvalue weighted by molar-refractivity contribution is -0.143. The fourth-order valence-corrected chi connectivity index (χ4v) is 3.70. The molecule has 1 aliphatic heterocycles. The Bertz CT molecular complexity index is 1070. The molecule has 1 N–H and O–H groups in total. The van der Waals surface area contributed by atoms with E-state index in [-0.39, 0.29) is 29.2 Å². The van der Waals surface area contributed by atoms with Crippen LogP contribution in [-0.2, 0) is 18.9 Å². The number of carbonyl (C=O) groups excluding carboxylic acids is 1. The molecule has 0 bridgehead atoms. The van der Waals surface area contributed by atoms with Gasteiger partial charge >= 0.3 is 11.7 Å². The van der Waals surface area contributed by atoms with Gasteiger partial charge in [0.05, 0.1) is 11.3 Å². The van der Waals surface area contributed by atoms with Gasteiger partial charge in [-0.2, -0.15) is 0 Å². The highest BCUT2D eigenvalue weighted by molar-refractivity contribution is 5.95. The van der Waals surface area contributed by atoms with Gasteiger partial charge in [-0.25, -0.2) is 9.78 Å². The summed E-state index contributed by atoms with van der Waals surface area (Å²) >= 11 is 0. The second kappa shape index (κ2) is 6.64. The minimum absolute atomic E-state index is 0.0574. The highest BCUT2D eigenvalue weighted by Crippen LogP contribution is 2.24. The quantitative estimate of drug-likeness (QED) is 0.799. The first kappa shape index (κ1) is 18.8. The molecule has 144 valence electrons. The van der Waals surface area contributed by atoms with E-state index in [0.717, 1.165) is 4.57 Å². The van der Waals surface area contributed by atoms with E-state index in [2.05, 4.69) is 4.98 Å². The van der Waals surface area contributed by atoms with Crippen LogP contribution < -0.4 is 11.2 Å². The molecule has 2 atom stereocenters. The summed E-state index contributed by atoms with van der Waals surface area (Å²) in [6.07, 6.45) is 0.522. The van der Waals surface area contributed by atoms with Crippen molar-refractivity contribution in [2.45, 2.75) is 20.3 Å². The van der Waals surface area contributed by atoms with E-state index in [0.29, 0.717) is 18.5 Å². The van der Waals surface area contributed by atoms with Crippen molar-refractivity contribution >= 4 is 22.9 Å². The van der Waals surface area contributed by atoms with E-state index in [1.807, 2.05) is 6.92 Å². The fourth-order valence-electron chi connectivity index (χ4n) is 3.70. The molecule has 1 fully saturated rings. The molecule has 0 aromatic carbocycles.